The van der Waals surface area contributed by atoms with E-state index in [9.17, 15) is 14.3 Å². The van der Waals surface area contributed by atoms with Crippen molar-refractivity contribution in [3.05, 3.63) is 89.6 Å². The van der Waals surface area contributed by atoms with Crippen molar-refractivity contribution < 1.29 is 19.0 Å². The van der Waals surface area contributed by atoms with Crippen molar-refractivity contribution in [2.24, 2.45) is 11.8 Å². The van der Waals surface area contributed by atoms with E-state index in [0.717, 1.165) is 41.2 Å². The summed E-state index contributed by atoms with van der Waals surface area (Å²) >= 11 is 0. The van der Waals surface area contributed by atoms with Crippen LogP contribution in [0.2, 0.25) is 0 Å². The molecule has 2 atom stereocenters. The fraction of sp³-hybridized carbons (Fsp3) is 0.280. The van der Waals surface area contributed by atoms with Crippen molar-refractivity contribution in [1.29, 1.82) is 0 Å². The minimum absolute atomic E-state index is 0.0583. The number of rotatable bonds is 8. The molecule has 2 aliphatic rings. The molecule has 0 saturated carbocycles. The second-order valence-electron chi connectivity index (χ2n) is 7.78. The first-order valence-corrected chi connectivity index (χ1v) is 10.5. The average molecular weight is 420 g/mol. The van der Waals surface area contributed by atoms with Crippen molar-refractivity contribution in [3.8, 4) is 0 Å². The second-order valence-corrected chi connectivity index (χ2v) is 7.78. The van der Waals surface area contributed by atoms with Crippen LogP contribution in [0.3, 0.4) is 0 Å². The van der Waals surface area contributed by atoms with Gasteiger partial charge in [0.15, 0.2) is 0 Å². The fourth-order valence-corrected chi connectivity index (χ4v) is 4.08. The first kappa shape index (κ1) is 20.8. The van der Waals surface area contributed by atoms with Gasteiger partial charge in [-0.05, 0) is 71.9 Å². The predicted molar refractivity (Wildman–Crippen MR) is 118 cm³/mol. The Morgan fingerprint density at radius 2 is 2.16 bits per heavy atom. The largest absolute Gasteiger partial charge is 0.494 e. The van der Waals surface area contributed by atoms with Crippen LogP contribution in [0.15, 0.2) is 72.7 Å². The van der Waals surface area contributed by atoms with Crippen LogP contribution in [-0.4, -0.2) is 29.2 Å². The van der Waals surface area contributed by atoms with Gasteiger partial charge in [-0.2, -0.15) is 0 Å². The zero-order chi connectivity index (χ0) is 21.6. The summed E-state index contributed by atoms with van der Waals surface area (Å²) in [6, 6.07) is 10.3. The Bertz CT molecular complexity index is 1030. The van der Waals surface area contributed by atoms with E-state index >= 15 is 0 Å². The summed E-state index contributed by atoms with van der Waals surface area (Å²) in [6.07, 6.45) is 11.2. The first-order chi connectivity index (χ1) is 15.1. The Morgan fingerprint density at radius 1 is 1.26 bits per heavy atom. The molecule has 0 fully saturated rings. The molecule has 2 aliphatic carbocycles. The number of anilines is 1. The quantitative estimate of drug-likeness (QED) is 0.598. The van der Waals surface area contributed by atoms with Gasteiger partial charge in [-0.3, -0.25) is 4.79 Å². The van der Waals surface area contributed by atoms with Crippen LogP contribution in [0.4, 0.5) is 10.2 Å². The number of pyridine rings is 1. The lowest BCUT2D eigenvalue weighted by molar-refractivity contribution is -0.135. The Balaban J connectivity index is 1.40. The Labute approximate surface area is 181 Å². The number of fused-ring (bicyclic) bond motifs is 2. The lowest BCUT2D eigenvalue weighted by atomic mass is 9.84. The van der Waals surface area contributed by atoms with Gasteiger partial charge in [0.25, 0.3) is 0 Å². The van der Waals surface area contributed by atoms with Crippen LogP contribution in [-0.2, 0) is 16.0 Å². The second kappa shape index (κ2) is 9.60. The average Bonchev–Trinajstić information content (AvgIpc) is 2.89. The molecule has 0 aliphatic heterocycles. The highest BCUT2D eigenvalue weighted by Crippen LogP contribution is 2.37. The van der Waals surface area contributed by atoms with Gasteiger partial charge in [0, 0.05) is 18.7 Å². The molecule has 4 rings (SSSR count). The molecule has 2 aromatic rings. The van der Waals surface area contributed by atoms with E-state index in [4.69, 9.17) is 4.74 Å². The molecule has 0 spiro atoms. The van der Waals surface area contributed by atoms with Crippen LogP contribution in [0.5, 0.6) is 0 Å². The highest BCUT2D eigenvalue weighted by Gasteiger charge is 2.27. The van der Waals surface area contributed by atoms with Crippen molar-refractivity contribution in [3.63, 3.8) is 0 Å². The minimum atomic E-state index is -0.890. The Kier molecular flexibility index (Phi) is 6.46. The van der Waals surface area contributed by atoms with Gasteiger partial charge >= 0.3 is 5.97 Å². The van der Waals surface area contributed by atoms with E-state index in [1.54, 1.807) is 12.3 Å². The zero-order valence-corrected chi connectivity index (χ0v) is 17.1. The van der Waals surface area contributed by atoms with E-state index < -0.39 is 5.97 Å². The number of aliphatic carboxylic acids is 1. The molecule has 2 unspecified atom stereocenters. The summed E-state index contributed by atoms with van der Waals surface area (Å²) in [5, 5.41) is 12.6. The molecule has 1 aromatic carbocycles. The molecule has 0 radical (unpaired) electrons. The van der Waals surface area contributed by atoms with Gasteiger partial charge in [-0.25, -0.2) is 9.37 Å². The first-order valence-electron chi connectivity index (χ1n) is 10.5. The molecule has 0 amide bonds. The maximum Gasteiger partial charge on any atom is 0.307 e. The van der Waals surface area contributed by atoms with E-state index in [-0.39, 0.29) is 24.1 Å². The normalized spacial score (nSPS) is 19.4. The smallest absolute Gasteiger partial charge is 0.307 e. The third-order valence-corrected chi connectivity index (χ3v) is 5.52. The molecule has 0 saturated heterocycles. The SMILES string of the molecule is O=C(O)CC1=CC2C=CC(OCCCNc3ccccn3)=CC2Cc2cc(F)ccc21. The summed E-state index contributed by atoms with van der Waals surface area (Å²) in [5.74, 6) is 0.599. The van der Waals surface area contributed by atoms with E-state index in [1.807, 2.05) is 30.4 Å². The van der Waals surface area contributed by atoms with Gasteiger partial charge in [-0.15, -0.1) is 0 Å². The number of allylic oxidation sites excluding steroid dienone is 4. The monoisotopic (exact) mass is 420 g/mol. The predicted octanol–water partition coefficient (Wildman–Crippen LogP) is 4.84. The number of nitrogens with one attached hydrogen (secondary N) is 1. The van der Waals surface area contributed by atoms with E-state index in [2.05, 4.69) is 22.5 Å². The number of hydrogen-bond acceptors (Lipinski definition) is 4. The molecule has 160 valence electrons. The molecular formula is C25H25FN2O3. The van der Waals surface area contributed by atoms with Crippen LogP contribution >= 0.6 is 0 Å². The van der Waals surface area contributed by atoms with Gasteiger partial charge in [0.2, 0.25) is 0 Å². The lowest BCUT2D eigenvalue weighted by Crippen LogP contribution is -2.15. The van der Waals surface area contributed by atoms with Gasteiger partial charge in [-0.1, -0.05) is 24.3 Å². The number of ether oxygens (including phenoxy) is 1. The van der Waals surface area contributed by atoms with Crippen LogP contribution < -0.4 is 5.32 Å². The van der Waals surface area contributed by atoms with Crippen LogP contribution in [0.25, 0.3) is 5.57 Å². The molecule has 5 nitrogen and oxygen atoms in total. The Morgan fingerprint density at radius 3 is 2.97 bits per heavy atom. The van der Waals surface area contributed by atoms with Crippen LogP contribution in [0, 0.1) is 17.7 Å². The van der Waals surface area contributed by atoms with Gasteiger partial charge in [0.05, 0.1) is 13.0 Å². The number of aromatic nitrogens is 1. The van der Waals surface area contributed by atoms with Crippen molar-refractivity contribution in [2.45, 2.75) is 19.3 Å². The number of carboxylic acid groups (broad SMARTS) is 1. The van der Waals surface area contributed by atoms with Crippen LogP contribution in [0.1, 0.15) is 24.0 Å². The number of nitrogens with zero attached hydrogens (tertiary/aromatic N) is 1. The van der Waals surface area contributed by atoms with Crippen molar-refractivity contribution in [1.82, 2.24) is 4.98 Å². The maximum absolute atomic E-state index is 13.9. The standard InChI is InChI=1S/C25H25FN2O3/c26-21-6-8-23-19(14-21)13-18-15-22(7-5-17(18)12-20(23)16-25(29)30)31-11-3-10-28-24-4-1-2-9-27-24/h1-2,4-9,12,14-15,17-18H,3,10-11,13,16H2,(H,27,28)(H,29,30). The molecule has 1 aromatic heterocycles. The lowest BCUT2D eigenvalue weighted by Gasteiger charge is -2.23. The highest BCUT2D eigenvalue weighted by atomic mass is 19.1. The molecule has 31 heavy (non-hydrogen) atoms. The molecule has 1 heterocycles. The van der Waals surface area contributed by atoms with Gasteiger partial charge < -0.3 is 15.2 Å². The number of hydrogen-bond donors (Lipinski definition) is 2. The number of carboxylic acids is 1. The van der Waals surface area contributed by atoms with Crippen molar-refractivity contribution in [2.75, 3.05) is 18.5 Å². The third-order valence-electron chi connectivity index (χ3n) is 5.52. The maximum atomic E-state index is 13.9. The van der Waals surface area contributed by atoms with Gasteiger partial charge in [0.1, 0.15) is 17.4 Å². The van der Waals surface area contributed by atoms with Crippen molar-refractivity contribution >= 4 is 17.4 Å². The summed E-state index contributed by atoms with van der Waals surface area (Å²) < 4.78 is 19.8. The molecule has 0 bridgehead atoms. The molecule has 2 N–H and O–H groups in total. The number of carbonyl (C=O) groups is 1. The Hall–Kier alpha value is -3.41. The molecular weight excluding hydrogens is 395 g/mol. The summed E-state index contributed by atoms with van der Waals surface area (Å²) in [4.78, 5) is 15.6. The zero-order valence-electron chi connectivity index (χ0n) is 17.1. The van der Waals surface area contributed by atoms with E-state index in [1.165, 1.54) is 12.1 Å². The fourth-order valence-electron chi connectivity index (χ4n) is 4.08. The summed E-state index contributed by atoms with van der Waals surface area (Å²) in [7, 11) is 0. The molecule has 6 heteroatoms. The summed E-state index contributed by atoms with van der Waals surface area (Å²) in [5.41, 5.74) is 2.39. The topological polar surface area (TPSA) is 71.5 Å². The minimum Gasteiger partial charge on any atom is -0.494 e. The third kappa shape index (κ3) is 5.40. The number of benzene rings is 1. The number of halogens is 1. The highest BCUT2D eigenvalue weighted by molar-refractivity contribution is 5.85. The summed E-state index contributed by atoms with van der Waals surface area (Å²) in [6.45, 7) is 1.33. The van der Waals surface area contributed by atoms with E-state index in [0.29, 0.717) is 13.0 Å².